The van der Waals surface area contributed by atoms with E-state index >= 15 is 0 Å². The number of hydrogen-bond acceptors (Lipinski definition) is 7. The topological polar surface area (TPSA) is 94.9 Å². The van der Waals surface area contributed by atoms with Crippen LogP contribution in [-0.2, 0) is 30.4 Å². The van der Waals surface area contributed by atoms with E-state index in [1.165, 1.54) is 29.8 Å². The highest BCUT2D eigenvalue weighted by atomic mass is 32.2. The molecule has 0 aliphatic carbocycles. The molecule has 170 valence electrons. The molecule has 1 aliphatic rings. The minimum Gasteiger partial charge on any atom is -0.466 e. The van der Waals surface area contributed by atoms with Crippen LogP contribution in [0.2, 0.25) is 0 Å². The Hall–Kier alpha value is -3.59. The summed E-state index contributed by atoms with van der Waals surface area (Å²) in [5, 5.41) is 1.61. The number of thioether (sulfide) groups is 1. The van der Waals surface area contributed by atoms with Crippen LogP contribution in [0.1, 0.15) is 6.42 Å². The number of hydrogen-bond donors (Lipinski definition) is 0. The highest BCUT2D eigenvalue weighted by Crippen LogP contribution is 2.28. The number of benzene rings is 2. The third-order valence-electron chi connectivity index (χ3n) is 5.31. The molecule has 0 bridgehead atoms. The molecule has 2 heterocycles. The number of rotatable bonds is 7. The monoisotopic (exact) mass is 466 g/mol. The average Bonchev–Trinajstić information content (AvgIpc) is 3.18. The van der Waals surface area contributed by atoms with E-state index in [2.05, 4.69) is 4.74 Å². The number of para-hydroxylation sites is 2. The Morgan fingerprint density at radius 3 is 2.30 bits per heavy atom. The number of nitrogens with zero attached hydrogens (tertiary/aromatic N) is 2. The van der Waals surface area contributed by atoms with Crippen molar-refractivity contribution in [3.63, 3.8) is 0 Å². The van der Waals surface area contributed by atoms with Crippen LogP contribution in [0.25, 0.3) is 21.8 Å². The molecule has 3 aromatic rings. The van der Waals surface area contributed by atoms with Gasteiger partial charge >= 0.3 is 11.9 Å². The standard InChI is InChI=1S/C24H22N2O6S/c1-31-22(28)13-21-25(20(27)15-33-21)11-6-12-32-23(29)14-26-18-9-4-2-7-16(18)24(30)17-8-3-5-10-19(17)26/h2-5,7-10,13H,6,11-12,14-15H2,1H3/b21-13+. The Morgan fingerprint density at radius 2 is 1.67 bits per heavy atom. The lowest BCUT2D eigenvalue weighted by atomic mass is 10.1. The Labute approximate surface area is 193 Å². The number of pyridine rings is 1. The van der Waals surface area contributed by atoms with Crippen molar-refractivity contribution in [2.75, 3.05) is 26.0 Å². The van der Waals surface area contributed by atoms with Gasteiger partial charge < -0.3 is 18.9 Å². The van der Waals surface area contributed by atoms with Crippen LogP contribution in [-0.4, -0.2) is 53.3 Å². The van der Waals surface area contributed by atoms with Crippen molar-refractivity contribution in [2.45, 2.75) is 13.0 Å². The minimum absolute atomic E-state index is 0.0483. The molecule has 0 N–H and O–H groups in total. The number of carbonyl (C=O) groups is 3. The predicted molar refractivity (Wildman–Crippen MR) is 126 cm³/mol. The lowest BCUT2D eigenvalue weighted by Gasteiger charge is -2.17. The molecule has 0 unspecified atom stereocenters. The first-order valence-electron chi connectivity index (χ1n) is 10.4. The lowest BCUT2D eigenvalue weighted by Crippen LogP contribution is -2.27. The third kappa shape index (κ3) is 4.78. The number of aromatic nitrogens is 1. The zero-order valence-corrected chi connectivity index (χ0v) is 18.8. The molecule has 9 heteroatoms. The van der Waals surface area contributed by atoms with Crippen molar-refractivity contribution in [1.29, 1.82) is 0 Å². The van der Waals surface area contributed by atoms with Gasteiger partial charge in [-0.05, 0) is 30.7 Å². The van der Waals surface area contributed by atoms with Gasteiger partial charge in [-0.15, -0.1) is 0 Å². The number of ether oxygens (including phenoxy) is 2. The van der Waals surface area contributed by atoms with Gasteiger partial charge in [0.15, 0.2) is 5.43 Å². The first-order valence-corrected chi connectivity index (χ1v) is 11.4. The van der Waals surface area contributed by atoms with Gasteiger partial charge in [0.1, 0.15) is 6.54 Å². The van der Waals surface area contributed by atoms with Gasteiger partial charge in [-0.1, -0.05) is 36.0 Å². The van der Waals surface area contributed by atoms with Crippen molar-refractivity contribution in [2.24, 2.45) is 0 Å². The Morgan fingerprint density at radius 1 is 1.03 bits per heavy atom. The van der Waals surface area contributed by atoms with Gasteiger partial charge in [-0.2, -0.15) is 0 Å². The van der Waals surface area contributed by atoms with Crippen LogP contribution < -0.4 is 5.43 Å². The van der Waals surface area contributed by atoms with Gasteiger partial charge in [0.2, 0.25) is 5.91 Å². The van der Waals surface area contributed by atoms with Crippen molar-refractivity contribution in [3.05, 3.63) is 69.9 Å². The number of amides is 1. The molecule has 1 amide bonds. The molecule has 2 aromatic carbocycles. The van der Waals surface area contributed by atoms with E-state index in [1.807, 2.05) is 24.3 Å². The zero-order valence-electron chi connectivity index (χ0n) is 18.0. The largest absolute Gasteiger partial charge is 0.466 e. The summed E-state index contributed by atoms with van der Waals surface area (Å²) in [5.74, 6) is -0.812. The second-order valence-corrected chi connectivity index (χ2v) is 8.36. The fourth-order valence-corrected chi connectivity index (χ4v) is 4.71. The summed E-state index contributed by atoms with van der Waals surface area (Å²) in [6.07, 6.45) is 1.70. The van der Waals surface area contributed by atoms with Crippen molar-refractivity contribution in [3.8, 4) is 0 Å². The van der Waals surface area contributed by atoms with Gasteiger partial charge in [0, 0.05) is 17.3 Å². The number of fused-ring (bicyclic) bond motifs is 2. The Balaban J connectivity index is 1.43. The van der Waals surface area contributed by atoms with E-state index in [1.54, 1.807) is 28.8 Å². The van der Waals surface area contributed by atoms with Crippen LogP contribution in [0.15, 0.2) is 64.4 Å². The molecule has 1 aliphatic heterocycles. The molecule has 33 heavy (non-hydrogen) atoms. The third-order valence-corrected chi connectivity index (χ3v) is 6.33. The Bertz CT molecular complexity index is 1270. The van der Waals surface area contributed by atoms with Crippen molar-refractivity contribution < 1.29 is 23.9 Å². The molecule has 1 fully saturated rings. The van der Waals surface area contributed by atoms with E-state index in [0.29, 0.717) is 39.8 Å². The van der Waals surface area contributed by atoms with E-state index in [0.717, 1.165) is 0 Å². The summed E-state index contributed by atoms with van der Waals surface area (Å²) in [4.78, 5) is 50.5. The Kier molecular flexibility index (Phi) is 6.79. The molecule has 0 spiro atoms. The summed E-state index contributed by atoms with van der Waals surface area (Å²) < 4.78 is 11.8. The van der Waals surface area contributed by atoms with E-state index < -0.39 is 11.9 Å². The number of methoxy groups -OCH3 is 1. The van der Waals surface area contributed by atoms with E-state index in [-0.39, 0.29) is 30.2 Å². The second-order valence-electron chi connectivity index (χ2n) is 7.36. The SMILES string of the molecule is COC(=O)/C=C1/SCC(=O)N1CCCOC(=O)Cn1c2ccccc2c(=O)c2ccccc21. The minimum atomic E-state index is -0.524. The maximum Gasteiger partial charge on any atom is 0.333 e. The molecule has 4 rings (SSSR count). The summed E-state index contributed by atoms with van der Waals surface area (Å²) in [5.41, 5.74) is 1.25. The van der Waals surface area contributed by atoms with Gasteiger partial charge in [-0.3, -0.25) is 14.4 Å². The fraction of sp³-hybridized carbons (Fsp3) is 0.250. The number of carbonyl (C=O) groups excluding carboxylic acids is 3. The molecule has 0 saturated carbocycles. The van der Waals surface area contributed by atoms with Crippen LogP contribution in [0.4, 0.5) is 0 Å². The fourth-order valence-electron chi connectivity index (χ4n) is 3.76. The summed E-state index contributed by atoms with van der Waals surface area (Å²) >= 11 is 1.27. The van der Waals surface area contributed by atoms with E-state index in [4.69, 9.17) is 4.74 Å². The van der Waals surface area contributed by atoms with Crippen LogP contribution >= 0.6 is 11.8 Å². The predicted octanol–water partition coefficient (Wildman–Crippen LogP) is 2.68. The number of esters is 2. The highest BCUT2D eigenvalue weighted by molar-refractivity contribution is 8.04. The lowest BCUT2D eigenvalue weighted by molar-refractivity contribution is -0.144. The smallest absolute Gasteiger partial charge is 0.333 e. The molecular formula is C24H22N2O6S. The van der Waals surface area contributed by atoms with Gasteiger partial charge in [0.05, 0.1) is 41.6 Å². The first-order chi connectivity index (χ1) is 16.0. The van der Waals surface area contributed by atoms with Crippen LogP contribution in [0.3, 0.4) is 0 Å². The summed E-state index contributed by atoms with van der Waals surface area (Å²) in [7, 11) is 1.28. The van der Waals surface area contributed by atoms with Crippen LogP contribution in [0, 0.1) is 0 Å². The van der Waals surface area contributed by atoms with E-state index in [9.17, 15) is 19.2 Å². The average molecular weight is 467 g/mol. The maximum absolute atomic E-state index is 12.8. The van der Waals surface area contributed by atoms with Crippen LogP contribution in [0.5, 0.6) is 0 Å². The summed E-state index contributed by atoms with van der Waals surface area (Å²) in [6, 6.07) is 14.3. The zero-order chi connectivity index (χ0) is 23.4. The highest BCUT2D eigenvalue weighted by Gasteiger charge is 2.27. The van der Waals surface area contributed by atoms with Gasteiger partial charge in [-0.25, -0.2) is 4.79 Å². The quantitative estimate of drug-likeness (QED) is 0.229. The molecule has 0 radical (unpaired) electrons. The van der Waals surface area contributed by atoms with Gasteiger partial charge in [0.25, 0.3) is 0 Å². The molecular weight excluding hydrogens is 444 g/mol. The molecule has 0 atom stereocenters. The molecule has 1 aromatic heterocycles. The van der Waals surface area contributed by atoms with Crippen molar-refractivity contribution >= 4 is 51.4 Å². The summed E-state index contributed by atoms with van der Waals surface area (Å²) in [6.45, 7) is 0.397. The van der Waals surface area contributed by atoms with Crippen molar-refractivity contribution in [1.82, 2.24) is 9.47 Å². The molecule has 8 nitrogen and oxygen atoms in total. The molecule has 1 saturated heterocycles. The first kappa shape index (κ1) is 22.6. The maximum atomic E-state index is 12.8. The normalized spacial score (nSPS) is 14.9. The second kappa shape index (κ2) is 9.91.